The van der Waals surface area contributed by atoms with E-state index in [2.05, 4.69) is 15.5 Å². The maximum atomic E-state index is 12.4. The number of halogens is 1. The molecule has 5 heteroatoms. The molecule has 1 aromatic heterocycles. The van der Waals surface area contributed by atoms with Crippen molar-refractivity contribution in [2.75, 3.05) is 0 Å². The predicted octanol–water partition coefficient (Wildman–Crippen LogP) is 3.96. The van der Waals surface area contributed by atoms with Crippen molar-refractivity contribution < 1.29 is 4.79 Å². The molecule has 0 radical (unpaired) electrons. The Labute approximate surface area is 138 Å². The second-order valence-electron chi connectivity index (χ2n) is 5.05. The molecule has 0 aliphatic carbocycles. The number of hydrogen-bond acceptors (Lipinski definition) is 3. The summed E-state index contributed by atoms with van der Waals surface area (Å²) in [6, 6.07) is 16.6. The smallest absolute Gasteiger partial charge is 0.267 e. The number of hydrazone groups is 1. The van der Waals surface area contributed by atoms with Gasteiger partial charge in [0.1, 0.15) is 0 Å². The lowest BCUT2D eigenvalue weighted by molar-refractivity contribution is 0.0956. The minimum atomic E-state index is -0.282. The number of hydrogen-bond donors (Lipinski definition) is 1. The van der Waals surface area contributed by atoms with Crippen LogP contribution in [0.15, 0.2) is 59.7 Å². The van der Waals surface area contributed by atoms with Gasteiger partial charge in [-0.2, -0.15) is 5.10 Å². The minimum Gasteiger partial charge on any atom is -0.267 e. The molecule has 0 saturated heterocycles. The highest BCUT2D eigenvalue weighted by Gasteiger charge is 2.11. The van der Waals surface area contributed by atoms with Gasteiger partial charge in [-0.25, -0.2) is 5.43 Å². The van der Waals surface area contributed by atoms with Crippen LogP contribution in [0.2, 0.25) is 5.02 Å². The normalized spacial score (nSPS) is 11.0. The highest BCUT2D eigenvalue weighted by Crippen LogP contribution is 2.18. The van der Waals surface area contributed by atoms with Gasteiger partial charge in [0.15, 0.2) is 0 Å². The average Bonchev–Trinajstić information content (AvgIpc) is 2.55. The molecule has 1 heterocycles. The molecule has 23 heavy (non-hydrogen) atoms. The first-order valence-corrected chi connectivity index (χ1v) is 7.47. The van der Waals surface area contributed by atoms with Crippen LogP contribution in [0.3, 0.4) is 0 Å². The van der Waals surface area contributed by atoms with Crippen LogP contribution >= 0.6 is 11.6 Å². The van der Waals surface area contributed by atoms with Gasteiger partial charge in [-0.15, -0.1) is 0 Å². The van der Waals surface area contributed by atoms with Crippen molar-refractivity contribution in [2.24, 2.45) is 5.10 Å². The largest absolute Gasteiger partial charge is 0.272 e. The Hall–Kier alpha value is -2.72. The van der Waals surface area contributed by atoms with E-state index in [0.29, 0.717) is 10.6 Å². The van der Waals surface area contributed by atoms with Crippen LogP contribution in [0.25, 0.3) is 10.9 Å². The zero-order chi connectivity index (χ0) is 16.2. The Morgan fingerprint density at radius 3 is 2.74 bits per heavy atom. The molecular weight excluding hydrogens is 310 g/mol. The fourth-order valence-electron chi connectivity index (χ4n) is 2.30. The van der Waals surface area contributed by atoms with Gasteiger partial charge in [0.2, 0.25) is 0 Å². The molecule has 3 rings (SSSR count). The van der Waals surface area contributed by atoms with E-state index in [9.17, 15) is 4.79 Å². The third-order valence-corrected chi connectivity index (χ3v) is 3.71. The molecule has 0 aliphatic heterocycles. The molecule has 0 unspecified atom stereocenters. The van der Waals surface area contributed by atoms with Gasteiger partial charge in [-0.1, -0.05) is 48.0 Å². The van der Waals surface area contributed by atoms with Crippen molar-refractivity contribution >= 4 is 34.6 Å². The van der Waals surface area contributed by atoms with Gasteiger partial charge in [-0.05, 0) is 25.1 Å². The number of nitrogens with zero attached hydrogens (tertiary/aromatic N) is 2. The third kappa shape index (κ3) is 3.38. The van der Waals surface area contributed by atoms with Gasteiger partial charge in [0.25, 0.3) is 5.91 Å². The van der Waals surface area contributed by atoms with Crippen LogP contribution in [0.4, 0.5) is 0 Å². The molecule has 0 bridgehead atoms. The SMILES string of the molecule is Cc1cc(C(=O)N/N=C\c2ccccc2Cl)c2ccccc2n1. The molecule has 3 aromatic rings. The van der Waals surface area contributed by atoms with Crippen molar-refractivity contribution in [3.05, 3.63) is 76.4 Å². The molecule has 2 aromatic carbocycles. The quantitative estimate of drug-likeness (QED) is 0.586. The summed E-state index contributed by atoms with van der Waals surface area (Å²) >= 11 is 6.04. The fourth-order valence-corrected chi connectivity index (χ4v) is 2.48. The summed E-state index contributed by atoms with van der Waals surface area (Å²) in [5.74, 6) is -0.282. The number of carbonyl (C=O) groups excluding carboxylic acids is 1. The Morgan fingerprint density at radius 1 is 1.17 bits per heavy atom. The van der Waals surface area contributed by atoms with Crippen LogP contribution in [0.1, 0.15) is 21.6 Å². The van der Waals surface area contributed by atoms with E-state index in [-0.39, 0.29) is 5.91 Å². The van der Waals surface area contributed by atoms with Crippen LogP contribution in [0, 0.1) is 6.92 Å². The standard InChI is InChI=1S/C18H14ClN3O/c1-12-10-15(14-7-3-5-9-17(14)21-12)18(23)22-20-11-13-6-2-4-8-16(13)19/h2-11H,1H3,(H,22,23)/b20-11-. The lowest BCUT2D eigenvalue weighted by Gasteiger charge is -2.06. The maximum Gasteiger partial charge on any atom is 0.272 e. The summed E-state index contributed by atoms with van der Waals surface area (Å²) in [6.07, 6.45) is 1.52. The molecule has 0 aliphatic rings. The van der Waals surface area contributed by atoms with Crippen LogP contribution in [0.5, 0.6) is 0 Å². The molecule has 1 N–H and O–H groups in total. The summed E-state index contributed by atoms with van der Waals surface area (Å²) in [5.41, 5.74) is 5.39. The number of benzene rings is 2. The number of rotatable bonds is 3. The van der Waals surface area contributed by atoms with E-state index in [4.69, 9.17) is 11.6 Å². The Morgan fingerprint density at radius 2 is 1.91 bits per heavy atom. The minimum absolute atomic E-state index is 0.282. The van der Waals surface area contributed by atoms with E-state index in [0.717, 1.165) is 22.2 Å². The second-order valence-corrected chi connectivity index (χ2v) is 5.46. The first-order valence-electron chi connectivity index (χ1n) is 7.09. The summed E-state index contributed by atoms with van der Waals surface area (Å²) in [5, 5.41) is 5.36. The predicted molar refractivity (Wildman–Crippen MR) is 93.0 cm³/mol. The molecule has 0 saturated carbocycles. The summed E-state index contributed by atoms with van der Waals surface area (Å²) in [4.78, 5) is 16.8. The summed E-state index contributed by atoms with van der Waals surface area (Å²) in [7, 11) is 0. The highest BCUT2D eigenvalue weighted by atomic mass is 35.5. The number of aromatic nitrogens is 1. The van der Waals surface area contributed by atoms with Gasteiger partial charge in [0.05, 0.1) is 17.3 Å². The zero-order valence-corrected chi connectivity index (χ0v) is 13.2. The third-order valence-electron chi connectivity index (χ3n) is 3.36. The van der Waals surface area contributed by atoms with Gasteiger partial charge < -0.3 is 0 Å². The van der Waals surface area contributed by atoms with Crippen molar-refractivity contribution in [1.82, 2.24) is 10.4 Å². The summed E-state index contributed by atoms with van der Waals surface area (Å²) in [6.45, 7) is 1.86. The van der Waals surface area contributed by atoms with E-state index in [1.54, 1.807) is 12.1 Å². The molecule has 114 valence electrons. The topological polar surface area (TPSA) is 54.4 Å². The maximum absolute atomic E-state index is 12.4. The first-order chi connectivity index (χ1) is 11.1. The van der Waals surface area contributed by atoms with E-state index < -0.39 is 0 Å². The van der Waals surface area contributed by atoms with Crippen LogP contribution in [-0.2, 0) is 0 Å². The molecule has 1 amide bonds. The van der Waals surface area contributed by atoms with Crippen molar-refractivity contribution in [1.29, 1.82) is 0 Å². The molecule has 0 spiro atoms. The number of carbonyl (C=O) groups is 1. The Kier molecular flexibility index (Phi) is 4.35. The molecule has 0 fully saturated rings. The van der Waals surface area contributed by atoms with Gasteiger partial charge in [0, 0.05) is 21.7 Å². The molecular formula is C18H14ClN3O. The van der Waals surface area contributed by atoms with Crippen molar-refractivity contribution in [3.63, 3.8) is 0 Å². The van der Waals surface area contributed by atoms with E-state index in [1.165, 1.54) is 6.21 Å². The number of fused-ring (bicyclic) bond motifs is 1. The van der Waals surface area contributed by atoms with Crippen molar-refractivity contribution in [3.8, 4) is 0 Å². The summed E-state index contributed by atoms with van der Waals surface area (Å²) < 4.78 is 0. The zero-order valence-electron chi connectivity index (χ0n) is 12.5. The second kappa shape index (κ2) is 6.58. The van der Waals surface area contributed by atoms with Crippen molar-refractivity contribution in [2.45, 2.75) is 6.92 Å². The Balaban J connectivity index is 1.86. The lowest BCUT2D eigenvalue weighted by Crippen LogP contribution is -2.18. The number of pyridine rings is 1. The molecule has 4 nitrogen and oxygen atoms in total. The van der Waals surface area contributed by atoms with E-state index in [1.807, 2.05) is 49.4 Å². The van der Waals surface area contributed by atoms with Crippen LogP contribution < -0.4 is 5.43 Å². The Bertz CT molecular complexity index is 906. The highest BCUT2D eigenvalue weighted by molar-refractivity contribution is 6.33. The first kappa shape index (κ1) is 15.2. The number of para-hydroxylation sites is 1. The lowest BCUT2D eigenvalue weighted by atomic mass is 10.1. The van der Waals surface area contributed by atoms with Gasteiger partial charge in [-0.3, -0.25) is 9.78 Å². The fraction of sp³-hybridized carbons (Fsp3) is 0.0556. The molecule has 0 atom stereocenters. The monoisotopic (exact) mass is 323 g/mol. The van der Waals surface area contributed by atoms with E-state index >= 15 is 0 Å². The average molecular weight is 324 g/mol. The van der Waals surface area contributed by atoms with Crippen LogP contribution in [-0.4, -0.2) is 17.1 Å². The number of amides is 1. The van der Waals surface area contributed by atoms with Gasteiger partial charge >= 0.3 is 0 Å². The number of aryl methyl sites for hydroxylation is 1. The number of nitrogens with one attached hydrogen (secondary N) is 1.